The van der Waals surface area contributed by atoms with E-state index >= 15 is 0 Å². The van der Waals surface area contributed by atoms with Crippen molar-refractivity contribution in [3.8, 4) is 5.69 Å². The molecule has 1 aromatic carbocycles. The number of rotatable bonds is 2. The van der Waals surface area contributed by atoms with Gasteiger partial charge in [0.25, 0.3) is 0 Å². The molecule has 17 heavy (non-hydrogen) atoms. The smallest absolute Gasteiger partial charge is 0.356 e. The molecule has 0 saturated heterocycles. The number of halogens is 2. The topological polar surface area (TPSA) is 68.0 Å². The highest BCUT2D eigenvalue weighted by Gasteiger charge is 2.16. The summed E-state index contributed by atoms with van der Waals surface area (Å²) in [6.07, 6.45) is 1.18. The molecular weight excluding hydrogens is 309 g/mol. The molecule has 0 spiro atoms. The summed E-state index contributed by atoms with van der Waals surface area (Å²) < 4.78 is 1.92. The zero-order valence-corrected chi connectivity index (χ0v) is 11.0. The average molecular weight is 317 g/mol. The molecule has 5 nitrogen and oxygen atoms in total. The number of carbonyl (C=O) groups is 1. The minimum atomic E-state index is -1.10. The lowest BCUT2D eigenvalue weighted by Crippen LogP contribution is -2.08. The van der Waals surface area contributed by atoms with E-state index in [0.29, 0.717) is 15.2 Å². The van der Waals surface area contributed by atoms with Crippen molar-refractivity contribution in [3.05, 3.63) is 39.1 Å². The number of benzene rings is 1. The summed E-state index contributed by atoms with van der Waals surface area (Å²) >= 11 is 9.35. The van der Waals surface area contributed by atoms with Crippen LogP contribution in [0, 0.1) is 6.92 Å². The minimum absolute atomic E-state index is 0.0226. The summed E-state index contributed by atoms with van der Waals surface area (Å²) in [6, 6.07) is 3.44. The van der Waals surface area contributed by atoms with Gasteiger partial charge in [-0.05, 0) is 40.5 Å². The molecule has 0 bridgehead atoms. The van der Waals surface area contributed by atoms with Crippen LogP contribution >= 0.6 is 27.5 Å². The lowest BCUT2D eigenvalue weighted by Gasteiger charge is -2.08. The van der Waals surface area contributed by atoms with Crippen LogP contribution in [0.3, 0.4) is 0 Å². The standard InChI is InChI=1S/C10H7BrClN3O2/c1-5-2-6(11)8(3-7(5)12)15-9(10(16)17)4-13-14-15/h2-4H,1H3,(H,16,17). The summed E-state index contributed by atoms with van der Waals surface area (Å²) in [6.45, 7) is 1.86. The van der Waals surface area contributed by atoms with Crippen molar-refractivity contribution in [2.24, 2.45) is 0 Å². The van der Waals surface area contributed by atoms with Gasteiger partial charge in [0, 0.05) is 9.50 Å². The molecular formula is C10H7BrClN3O2. The zero-order valence-electron chi connectivity index (χ0n) is 8.69. The molecule has 0 aliphatic heterocycles. The number of aromatic carboxylic acids is 1. The van der Waals surface area contributed by atoms with E-state index in [1.54, 1.807) is 12.1 Å². The van der Waals surface area contributed by atoms with Crippen LogP contribution in [0.2, 0.25) is 5.02 Å². The second kappa shape index (κ2) is 4.46. The van der Waals surface area contributed by atoms with Crippen LogP contribution < -0.4 is 0 Å². The molecule has 0 aliphatic carbocycles. The lowest BCUT2D eigenvalue weighted by atomic mass is 10.2. The largest absolute Gasteiger partial charge is 0.476 e. The molecule has 2 aromatic rings. The van der Waals surface area contributed by atoms with Gasteiger partial charge in [0.15, 0.2) is 5.69 Å². The van der Waals surface area contributed by atoms with Crippen molar-refractivity contribution in [1.82, 2.24) is 15.0 Å². The Morgan fingerprint density at radius 2 is 2.24 bits per heavy atom. The number of aryl methyl sites for hydroxylation is 1. The highest BCUT2D eigenvalue weighted by Crippen LogP contribution is 2.28. The van der Waals surface area contributed by atoms with E-state index in [-0.39, 0.29) is 5.69 Å². The van der Waals surface area contributed by atoms with Gasteiger partial charge in [-0.25, -0.2) is 9.48 Å². The summed E-state index contributed by atoms with van der Waals surface area (Å²) in [4.78, 5) is 11.0. The lowest BCUT2D eigenvalue weighted by molar-refractivity contribution is 0.0687. The van der Waals surface area contributed by atoms with Crippen molar-refractivity contribution in [1.29, 1.82) is 0 Å². The second-order valence-corrected chi connectivity index (χ2v) is 4.65. The summed E-state index contributed by atoms with van der Waals surface area (Å²) in [5.74, 6) is -1.10. The van der Waals surface area contributed by atoms with E-state index < -0.39 is 5.97 Å². The van der Waals surface area contributed by atoms with Gasteiger partial charge >= 0.3 is 5.97 Å². The zero-order chi connectivity index (χ0) is 12.6. The number of aromatic nitrogens is 3. The van der Waals surface area contributed by atoms with Gasteiger partial charge in [-0.2, -0.15) is 0 Å². The van der Waals surface area contributed by atoms with Crippen LogP contribution in [0.1, 0.15) is 16.1 Å². The van der Waals surface area contributed by atoms with Crippen molar-refractivity contribution in [3.63, 3.8) is 0 Å². The second-order valence-electron chi connectivity index (χ2n) is 3.39. The monoisotopic (exact) mass is 315 g/mol. The van der Waals surface area contributed by atoms with Crippen LogP contribution in [0.4, 0.5) is 0 Å². The molecule has 0 fully saturated rings. The summed E-state index contributed by atoms with van der Waals surface area (Å²) in [7, 11) is 0. The Morgan fingerprint density at radius 3 is 2.88 bits per heavy atom. The van der Waals surface area contributed by atoms with Crippen LogP contribution in [0.5, 0.6) is 0 Å². The highest BCUT2D eigenvalue weighted by atomic mass is 79.9. The van der Waals surface area contributed by atoms with E-state index in [0.717, 1.165) is 5.56 Å². The maximum absolute atomic E-state index is 11.0. The van der Waals surface area contributed by atoms with E-state index in [9.17, 15) is 4.79 Å². The van der Waals surface area contributed by atoms with Crippen LogP contribution in [-0.4, -0.2) is 26.1 Å². The fraction of sp³-hybridized carbons (Fsp3) is 0.100. The number of carboxylic acids is 1. The summed E-state index contributed by atoms with van der Waals surface area (Å²) in [5.41, 5.74) is 1.40. The first kappa shape index (κ1) is 12.1. The van der Waals surface area contributed by atoms with E-state index in [1.807, 2.05) is 6.92 Å². The summed E-state index contributed by atoms with van der Waals surface area (Å²) in [5, 5.41) is 16.8. The van der Waals surface area contributed by atoms with Gasteiger partial charge in [-0.1, -0.05) is 16.8 Å². The van der Waals surface area contributed by atoms with Gasteiger partial charge in [-0.3, -0.25) is 0 Å². The maximum atomic E-state index is 11.0. The Balaban J connectivity index is 2.64. The van der Waals surface area contributed by atoms with Gasteiger partial charge in [0.2, 0.25) is 0 Å². The maximum Gasteiger partial charge on any atom is 0.356 e. The molecule has 0 radical (unpaired) electrons. The highest BCUT2D eigenvalue weighted by molar-refractivity contribution is 9.10. The third-order valence-corrected chi connectivity index (χ3v) is 3.27. The number of hydrogen-bond donors (Lipinski definition) is 1. The molecule has 0 amide bonds. The molecule has 7 heteroatoms. The number of hydrogen-bond acceptors (Lipinski definition) is 3. The Kier molecular flexibility index (Phi) is 3.17. The molecule has 0 saturated carbocycles. The first-order valence-electron chi connectivity index (χ1n) is 4.60. The molecule has 88 valence electrons. The normalized spacial score (nSPS) is 10.5. The Labute approximate surface area is 110 Å². The van der Waals surface area contributed by atoms with Gasteiger partial charge < -0.3 is 5.11 Å². The molecule has 1 aromatic heterocycles. The fourth-order valence-electron chi connectivity index (χ4n) is 1.36. The molecule has 2 rings (SSSR count). The predicted molar refractivity (Wildman–Crippen MR) is 65.8 cm³/mol. The fourth-order valence-corrected chi connectivity index (χ4v) is 2.14. The van der Waals surface area contributed by atoms with E-state index in [4.69, 9.17) is 16.7 Å². The quantitative estimate of drug-likeness (QED) is 0.925. The first-order valence-corrected chi connectivity index (χ1v) is 5.78. The van der Waals surface area contributed by atoms with Gasteiger partial charge in [0.05, 0.1) is 11.9 Å². The van der Waals surface area contributed by atoms with Crippen LogP contribution in [-0.2, 0) is 0 Å². The van der Waals surface area contributed by atoms with Crippen molar-refractivity contribution in [2.75, 3.05) is 0 Å². The van der Waals surface area contributed by atoms with Gasteiger partial charge in [-0.15, -0.1) is 5.10 Å². The molecule has 0 atom stereocenters. The Morgan fingerprint density at radius 1 is 1.53 bits per heavy atom. The minimum Gasteiger partial charge on any atom is -0.476 e. The molecule has 1 heterocycles. The van der Waals surface area contributed by atoms with E-state index in [2.05, 4.69) is 26.2 Å². The van der Waals surface area contributed by atoms with Crippen molar-refractivity contribution >= 4 is 33.5 Å². The third kappa shape index (κ3) is 2.18. The first-order chi connectivity index (χ1) is 8.00. The Bertz CT molecular complexity index is 597. The SMILES string of the molecule is Cc1cc(Br)c(-n2nncc2C(=O)O)cc1Cl. The van der Waals surface area contributed by atoms with Crippen LogP contribution in [0.25, 0.3) is 5.69 Å². The van der Waals surface area contributed by atoms with Crippen LogP contribution in [0.15, 0.2) is 22.8 Å². The Hall–Kier alpha value is -1.40. The van der Waals surface area contributed by atoms with Crippen molar-refractivity contribution < 1.29 is 9.90 Å². The average Bonchev–Trinajstić information content (AvgIpc) is 2.72. The number of carboxylic acid groups (broad SMARTS) is 1. The molecule has 0 unspecified atom stereocenters. The van der Waals surface area contributed by atoms with Crippen molar-refractivity contribution in [2.45, 2.75) is 6.92 Å². The molecule has 1 N–H and O–H groups in total. The van der Waals surface area contributed by atoms with Gasteiger partial charge in [0.1, 0.15) is 0 Å². The molecule has 0 aliphatic rings. The third-order valence-electron chi connectivity index (χ3n) is 2.22. The predicted octanol–water partition coefficient (Wildman–Crippen LogP) is 2.69. The number of nitrogens with zero attached hydrogens (tertiary/aromatic N) is 3. The van der Waals surface area contributed by atoms with E-state index in [1.165, 1.54) is 10.9 Å².